The fourth-order valence-electron chi connectivity index (χ4n) is 1.88. The van der Waals surface area contributed by atoms with E-state index in [0.29, 0.717) is 16.6 Å². The van der Waals surface area contributed by atoms with Crippen LogP contribution >= 0.6 is 23.2 Å². The zero-order valence-electron chi connectivity index (χ0n) is 9.24. The number of rotatable bonds is 3. The van der Waals surface area contributed by atoms with E-state index in [9.17, 15) is 0 Å². The average Bonchev–Trinajstić information content (AvgIpc) is 2.36. The van der Waals surface area contributed by atoms with Crippen molar-refractivity contribution in [3.8, 4) is 0 Å². The first kappa shape index (κ1) is 12.4. The monoisotopic (exact) mass is 265 g/mol. The van der Waals surface area contributed by atoms with Crippen LogP contribution in [-0.4, -0.2) is 6.54 Å². The van der Waals surface area contributed by atoms with Crippen molar-refractivity contribution < 1.29 is 0 Å². The molecule has 2 aromatic carbocycles. The summed E-state index contributed by atoms with van der Waals surface area (Å²) in [5.41, 5.74) is 8.13. The molecule has 0 aliphatic rings. The maximum Gasteiger partial charge on any atom is 0.0595 e. The van der Waals surface area contributed by atoms with Gasteiger partial charge in [0.1, 0.15) is 0 Å². The number of benzene rings is 2. The Morgan fingerprint density at radius 1 is 0.882 bits per heavy atom. The molecule has 0 aliphatic carbocycles. The molecule has 1 nitrogen and oxygen atoms in total. The molecule has 88 valence electrons. The van der Waals surface area contributed by atoms with Gasteiger partial charge in [0, 0.05) is 12.5 Å². The fraction of sp³-hybridized carbons (Fsp3) is 0.143. The minimum atomic E-state index is 0.158. The molecule has 3 heteroatoms. The molecule has 2 rings (SSSR count). The van der Waals surface area contributed by atoms with E-state index in [1.54, 1.807) is 0 Å². The highest BCUT2D eigenvalue weighted by Crippen LogP contribution is 2.29. The summed E-state index contributed by atoms with van der Waals surface area (Å²) in [5, 5.41) is 1.14. The molecule has 0 unspecified atom stereocenters. The second kappa shape index (κ2) is 5.54. The zero-order valence-corrected chi connectivity index (χ0v) is 10.7. The predicted molar refractivity (Wildman–Crippen MR) is 73.8 cm³/mol. The molecular weight excluding hydrogens is 253 g/mol. The third kappa shape index (κ3) is 2.81. The lowest BCUT2D eigenvalue weighted by molar-refractivity contribution is 0.819. The summed E-state index contributed by atoms with van der Waals surface area (Å²) in [4.78, 5) is 0. The van der Waals surface area contributed by atoms with Gasteiger partial charge in [-0.1, -0.05) is 59.6 Å². The Kier molecular flexibility index (Phi) is 4.06. The third-order valence-electron chi connectivity index (χ3n) is 2.78. The molecular formula is C14H13Cl2N. The lowest BCUT2D eigenvalue weighted by Gasteiger charge is -2.16. The van der Waals surface area contributed by atoms with Crippen molar-refractivity contribution in [3.63, 3.8) is 0 Å². The fourth-order valence-corrected chi connectivity index (χ4v) is 2.19. The molecule has 0 saturated heterocycles. The van der Waals surface area contributed by atoms with Crippen molar-refractivity contribution in [1.82, 2.24) is 0 Å². The predicted octanol–water partition coefficient (Wildman–Crippen LogP) is 4.08. The number of hydrogen-bond acceptors (Lipinski definition) is 1. The normalized spacial score (nSPS) is 12.4. The Balaban J connectivity index is 2.39. The Morgan fingerprint density at radius 2 is 1.59 bits per heavy atom. The largest absolute Gasteiger partial charge is 0.330 e. The van der Waals surface area contributed by atoms with E-state index in [1.165, 1.54) is 5.56 Å². The van der Waals surface area contributed by atoms with Gasteiger partial charge in [0.15, 0.2) is 0 Å². The van der Waals surface area contributed by atoms with Crippen molar-refractivity contribution in [2.75, 3.05) is 6.54 Å². The van der Waals surface area contributed by atoms with E-state index in [2.05, 4.69) is 12.1 Å². The van der Waals surface area contributed by atoms with Crippen LogP contribution in [0.4, 0.5) is 0 Å². The van der Waals surface area contributed by atoms with Gasteiger partial charge in [-0.25, -0.2) is 0 Å². The molecule has 0 bridgehead atoms. The van der Waals surface area contributed by atoms with Crippen LogP contribution in [0.3, 0.4) is 0 Å². The van der Waals surface area contributed by atoms with Crippen molar-refractivity contribution in [1.29, 1.82) is 0 Å². The Morgan fingerprint density at radius 3 is 2.18 bits per heavy atom. The maximum absolute atomic E-state index is 6.03. The van der Waals surface area contributed by atoms with E-state index in [-0.39, 0.29) is 5.92 Å². The molecule has 0 fully saturated rings. The standard InChI is InChI=1S/C14H13Cl2N/c15-13-7-6-11(8-14(13)16)12(9-17)10-4-2-1-3-5-10/h1-8,12H,9,17H2/t12-/m0/s1. The number of halogens is 2. The van der Waals surface area contributed by atoms with E-state index in [1.807, 2.05) is 36.4 Å². The first-order valence-electron chi connectivity index (χ1n) is 5.42. The summed E-state index contributed by atoms with van der Waals surface area (Å²) < 4.78 is 0. The summed E-state index contributed by atoms with van der Waals surface area (Å²) in [5.74, 6) is 0.158. The second-order valence-corrected chi connectivity index (χ2v) is 4.69. The molecule has 0 radical (unpaired) electrons. The van der Waals surface area contributed by atoms with Gasteiger partial charge < -0.3 is 5.73 Å². The van der Waals surface area contributed by atoms with Crippen LogP contribution in [0.5, 0.6) is 0 Å². The zero-order chi connectivity index (χ0) is 12.3. The molecule has 0 amide bonds. The Hall–Kier alpha value is -1.02. The lowest BCUT2D eigenvalue weighted by atomic mass is 9.91. The van der Waals surface area contributed by atoms with Crippen LogP contribution in [-0.2, 0) is 0 Å². The van der Waals surface area contributed by atoms with Crippen molar-refractivity contribution >= 4 is 23.2 Å². The molecule has 0 spiro atoms. The Labute approximate surface area is 111 Å². The first-order chi connectivity index (χ1) is 8.22. The molecule has 2 aromatic rings. The van der Waals surface area contributed by atoms with Crippen LogP contribution in [0.1, 0.15) is 17.0 Å². The van der Waals surface area contributed by atoms with E-state index < -0.39 is 0 Å². The number of hydrogen-bond donors (Lipinski definition) is 1. The van der Waals surface area contributed by atoms with E-state index >= 15 is 0 Å². The molecule has 2 N–H and O–H groups in total. The highest BCUT2D eigenvalue weighted by Gasteiger charge is 2.13. The molecule has 1 atom stereocenters. The first-order valence-corrected chi connectivity index (χ1v) is 6.18. The van der Waals surface area contributed by atoms with Crippen molar-refractivity contribution in [3.05, 3.63) is 69.7 Å². The van der Waals surface area contributed by atoms with Gasteiger partial charge in [-0.2, -0.15) is 0 Å². The van der Waals surface area contributed by atoms with Gasteiger partial charge in [-0.15, -0.1) is 0 Å². The highest BCUT2D eigenvalue weighted by molar-refractivity contribution is 6.42. The Bertz CT molecular complexity index is 497. The van der Waals surface area contributed by atoms with Crippen LogP contribution < -0.4 is 5.73 Å². The van der Waals surface area contributed by atoms with Crippen LogP contribution in [0.25, 0.3) is 0 Å². The van der Waals surface area contributed by atoms with Gasteiger partial charge >= 0.3 is 0 Å². The molecule has 0 saturated carbocycles. The summed E-state index contributed by atoms with van der Waals surface area (Å²) in [6, 6.07) is 15.8. The molecule has 0 aliphatic heterocycles. The van der Waals surface area contributed by atoms with Crippen molar-refractivity contribution in [2.45, 2.75) is 5.92 Å². The molecule has 0 heterocycles. The average molecular weight is 266 g/mol. The van der Waals surface area contributed by atoms with Gasteiger partial charge in [-0.3, -0.25) is 0 Å². The summed E-state index contributed by atoms with van der Waals surface area (Å²) in [6.07, 6.45) is 0. The van der Waals surface area contributed by atoms with Gasteiger partial charge in [0.05, 0.1) is 10.0 Å². The second-order valence-electron chi connectivity index (χ2n) is 3.87. The molecule has 17 heavy (non-hydrogen) atoms. The topological polar surface area (TPSA) is 26.0 Å². The summed E-state index contributed by atoms with van der Waals surface area (Å²) in [6.45, 7) is 0.544. The lowest BCUT2D eigenvalue weighted by Crippen LogP contribution is -2.13. The van der Waals surface area contributed by atoms with Gasteiger partial charge in [0.2, 0.25) is 0 Å². The van der Waals surface area contributed by atoms with Gasteiger partial charge in [0.25, 0.3) is 0 Å². The van der Waals surface area contributed by atoms with Crippen LogP contribution in [0.2, 0.25) is 10.0 Å². The maximum atomic E-state index is 6.03. The van der Waals surface area contributed by atoms with E-state index in [4.69, 9.17) is 28.9 Å². The minimum absolute atomic E-state index is 0.158. The van der Waals surface area contributed by atoms with Crippen LogP contribution in [0, 0.1) is 0 Å². The van der Waals surface area contributed by atoms with Crippen molar-refractivity contribution in [2.24, 2.45) is 5.73 Å². The van der Waals surface area contributed by atoms with Crippen LogP contribution in [0.15, 0.2) is 48.5 Å². The summed E-state index contributed by atoms with van der Waals surface area (Å²) >= 11 is 11.9. The van der Waals surface area contributed by atoms with Gasteiger partial charge in [-0.05, 0) is 23.3 Å². The third-order valence-corrected chi connectivity index (χ3v) is 3.52. The summed E-state index contributed by atoms with van der Waals surface area (Å²) in [7, 11) is 0. The number of nitrogens with two attached hydrogens (primary N) is 1. The quantitative estimate of drug-likeness (QED) is 0.889. The van der Waals surface area contributed by atoms with E-state index in [0.717, 1.165) is 5.56 Å². The highest BCUT2D eigenvalue weighted by atomic mass is 35.5. The minimum Gasteiger partial charge on any atom is -0.330 e. The SMILES string of the molecule is NC[C@@H](c1ccccc1)c1ccc(Cl)c(Cl)c1. The smallest absolute Gasteiger partial charge is 0.0595 e. The molecule has 0 aromatic heterocycles.